The predicted molar refractivity (Wildman–Crippen MR) is 100 cm³/mol. The van der Waals surface area contributed by atoms with E-state index in [1.807, 2.05) is 12.1 Å². The Hall–Kier alpha value is -0.830. The molecule has 2 N–H and O–H groups in total. The molecule has 1 fully saturated rings. The van der Waals surface area contributed by atoms with Crippen molar-refractivity contribution in [1.82, 2.24) is 15.6 Å². The number of guanidine groups is 1. The van der Waals surface area contributed by atoms with Crippen LogP contribution in [0, 0.1) is 0 Å². The van der Waals surface area contributed by atoms with Crippen LogP contribution in [0.25, 0.3) is 0 Å². The number of nitrogens with one attached hydrogen (secondary N) is 2. The van der Waals surface area contributed by atoms with Crippen LogP contribution in [0.5, 0.6) is 0 Å². The first kappa shape index (κ1) is 19.2. The summed E-state index contributed by atoms with van der Waals surface area (Å²) in [5.74, 6) is 1.53. The van der Waals surface area contributed by atoms with Gasteiger partial charge in [0.25, 0.3) is 0 Å². The molecule has 1 aromatic rings. The lowest BCUT2D eigenvalue weighted by Gasteiger charge is -2.20. The summed E-state index contributed by atoms with van der Waals surface area (Å²) in [6.07, 6.45) is 3.22. The van der Waals surface area contributed by atoms with Crippen molar-refractivity contribution in [3.8, 4) is 0 Å². The fourth-order valence-electron chi connectivity index (χ4n) is 2.34. The van der Waals surface area contributed by atoms with Crippen molar-refractivity contribution in [2.45, 2.75) is 18.9 Å². The van der Waals surface area contributed by atoms with Gasteiger partial charge in [0, 0.05) is 38.9 Å². The molecule has 0 saturated carbocycles. The minimum absolute atomic E-state index is 0. The van der Waals surface area contributed by atoms with Crippen LogP contribution < -0.4 is 15.5 Å². The van der Waals surface area contributed by atoms with Crippen molar-refractivity contribution >= 4 is 47.4 Å². The Morgan fingerprint density at radius 1 is 1.59 bits per heavy atom. The van der Waals surface area contributed by atoms with Crippen LogP contribution in [-0.2, 0) is 0 Å². The summed E-state index contributed by atoms with van der Waals surface area (Å²) in [5.41, 5.74) is 0. The molecule has 1 aromatic heterocycles. The highest BCUT2D eigenvalue weighted by Gasteiger charge is 2.25. The van der Waals surface area contributed by atoms with Crippen LogP contribution in [0.2, 0.25) is 5.02 Å². The van der Waals surface area contributed by atoms with E-state index in [4.69, 9.17) is 11.6 Å². The van der Waals surface area contributed by atoms with E-state index in [-0.39, 0.29) is 36.7 Å². The van der Waals surface area contributed by atoms with E-state index in [1.54, 1.807) is 13.2 Å². The van der Waals surface area contributed by atoms with Crippen molar-refractivity contribution in [3.63, 3.8) is 0 Å². The van der Waals surface area contributed by atoms with Gasteiger partial charge in [-0.25, -0.2) is 4.98 Å². The zero-order chi connectivity index (χ0) is 15.1. The molecule has 2 heterocycles. The predicted octanol–water partition coefficient (Wildman–Crippen LogP) is 2.46. The summed E-state index contributed by atoms with van der Waals surface area (Å²) in [6.45, 7) is 1.98. The molecular weight excluding hydrogens is 420 g/mol. The van der Waals surface area contributed by atoms with Crippen LogP contribution in [0.1, 0.15) is 12.8 Å². The molecule has 0 radical (unpaired) electrons. The molecule has 1 aliphatic heterocycles. The van der Waals surface area contributed by atoms with Crippen molar-refractivity contribution in [3.05, 3.63) is 23.4 Å². The number of halogens is 3. The smallest absolute Gasteiger partial charge is 0.191 e. The molecule has 0 aliphatic carbocycles. The number of aromatic nitrogens is 1. The Balaban J connectivity index is 0.00000242. The minimum Gasteiger partial charge on any atom is -0.356 e. The highest BCUT2D eigenvalue weighted by molar-refractivity contribution is 14.0. The van der Waals surface area contributed by atoms with E-state index in [0.29, 0.717) is 23.9 Å². The summed E-state index contributed by atoms with van der Waals surface area (Å²) in [6, 6.07) is 3.95. The summed E-state index contributed by atoms with van der Waals surface area (Å²) in [7, 11) is 1.72. The quantitative estimate of drug-likeness (QED) is 0.319. The molecule has 2 rings (SSSR count). The molecule has 0 bridgehead atoms. The molecule has 124 valence electrons. The number of pyridine rings is 1. The number of hydrogen-bond donors (Lipinski definition) is 2. The van der Waals surface area contributed by atoms with Gasteiger partial charge in [-0.15, -0.1) is 24.0 Å². The van der Waals surface area contributed by atoms with Gasteiger partial charge in [0.05, 0.1) is 11.7 Å². The first-order chi connectivity index (χ1) is 10.2. The summed E-state index contributed by atoms with van der Waals surface area (Å²) in [4.78, 5) is 10.6. The van der Waals surface area contributed by atoms with E-state index in [9.17, 15) is 4.39 Å². The van der Waals surface area contributed by atoms with Crippen molar-refractivity contribution < 1.29 is 4.39 Å². The lowest BCUT2D eigenvalue weighted by atomic mass is 10.3. The van der Waals surface area contributed by atoms with Crippen LogP contribution in [-0.4, -0.2) is 50.3 Å². The number of nitrogens with zero attached hydrogens (tertiary/aromatic N) is 3. The molecule has 22 heavy (non-hydrogen) atoms. The molecule has 8 heteroatoms. The van der Waals surface area contributed by atoms with Gasteiger partial charge in [-0.3, -0.25) is 9.38 Å². The van der Waals surface area contributed by atoms with Gasteiger partial charge in [0.1, 0.15) is 5.82 Å². The van der Waals surface area contributed by atoms with E-state index < -0.39 is 0 Å². The first-order valence-corrected chi connectivity index (χ1v) is 7.51. The Kier molecular flexibility index (Phi) is 8.77. The zero-order valence-electron chi connectivity index (χ0n) is 12.6. The third-order valence-corrected chi connectivity index (χ3v) is 3.69. The minimum atomic E-state index is -0.320. The highest BCUT2D eigenvalue weighted by Crippen LogP contribution is 2.25. The van der Waals surface area contributed by atoms with Crippen molar-refractivity contribution in [1.29, 1.82) is 0 Å². The third kappa shape index (κ3) is 5.42. The van der Waals surface area contributed by atoms with Crippen LogP contribution in [0.4, 0.5) is 10.2 Å². The van der Waals surface area contributed by atoms with Gasteiger partial charge in [-0.05, 0) is 25.0 Å². The average Bonchev–Trinajstić information content (AvgIpc) is 2.95. The van der Waals surface area contributed by atoms with Gasteiger partial charge >= 0.3 is 0 Å². The second-order valence-corrected chi connectivity index (χ2v) is 5.33. The first-order valence-electron chi connectivity index (χ1n) is 7.13. The molecule has 5 nitrogen and oxygen atoms in total. The lowest BCUT2D eigenvalue weighted by Crippen LogP contribution is -2.45. The molecule has 1 aliphatic rings. The van der Waals surface area contributed by atoms with Gasteiger partial charge in [0.2, 0.25) is 0 Å². The van der Waals surface area contributed by atoms with Gasteiger partial charge in [-0.2, -0.15) is 0 Å². The monoisotopic (exact) mass is 441 g/mol. The normalized spacial score (nSPS) is 18.0. The van der Waals surface area contributed by atoms with Crippen LogP contribution >= 0.6 is 35.6 Å². The van der Waals surface area contributed by atoms with E-state index in [0.717, 1.165) is 25.3 Å². The Morgan fingerprint density at radius 3 is 3.09 bits per heavy atom. The number of rotatable bonds is 5. The number of anilines is 1. The second-order valence-electron chi connectivity index (χ2n) is 4.93. The Bertz CT molecular complexity index is 488. The number of hydrogen-bond acceptors (Lipinski definition) is 3. The maximum atomic E-state index is 12.1. The molecule has 0 aromatic carbocycles. The van der Waals surface area contributed by atoms with E-state index in [2.05, 4.69) is 25.5 Å². The summed E-state index contributed by atoms with van der Waals surface area (Å²) in [5, 5.41) is 7.12. The van der Waals surface area contributed by atoms with Gasteiger partial charge in [0.15, 0.2) is 5.96 Å². The SMILES string of the molecule is CN=C(NCCCF)NC1CCN(c2ncccc2Cl)C1.I. The summed E-state index contributed by atoms with van der Waals surface area (Å²) < 4.78 is 12.1. The molecule has 0 spiro atoms. The summed E-state index contributed by atoms with van der Waals surface area (Å²) >= 11 is 6.17. The molecule has 1 saturated heterocycles. The van der Waals surface area contributed by atoms with Crippen LogP contribution in [0.3, 0.4) is 0 Å². The van der Waals surface area contributed by atoms with Crippen molar-refractivity contribution in [2.75, 3.05) is 38.3 Å². The maximum Gasteiger partial charge on any atom is 0.191 e. The lowest BCUT2D eigenvalue weighted by molar-refractivity contribution is 0.470. The fraction of sp³-hybridized carbons (Fsp3) is 0.571. The van der Waals surface area contributed by atoms with E-state index >= 15 is 0 Å². The maximum absolute atomic E-state index is 12.1. The van der Waals surface area contributed by atoms with Crippen LogP contribution in [0.15, 0.2) is 23.3 Å². The standard InChI is InChI=1S/C14H21ClFN5.HI/c1-17-14(19-8-3-6-16)20-11-5-9-21(10-11)13-12(15)4-2-7-18-13;/h2,4,7,11H,3,5-6,8-10H2,1H3,(H2,17,19,20);1H. The molecular formula is C14H22ClFIN5. The highest BCUT2D eigenvalue weighted by atomic mass is 127. The molecule has 0 amide bonds. The van der Waals surface area contributed by atoms with Gasteiger partial charge in [-0.1, -0.05) is 11.6 Å². The Morgan fingerprint density at radius 2 is 2.41 bits per heavy atom. The average molecular weight is 442 g/mol. The second kappa shape index (κ2) is 10.0. The molecule has 1 unspecified atom stereocenters. The number of aliphatic imine (C=N–C) groups is 1. The topological polar surface area (TPSA) is 52.6 Å². The Labute approximate surface area is 152 Å². The third-order valence-electron chi connectivity index (χ3n) is 3.39. The number of alkyl halides is 1. The fourth-order valence-corrected chi connectivity index (χ4v) is 2.58. The van der Waals surface area contributed by atoms with Crippen molar-refractivity contribution in [2.24, 2.45) is 4.99 Å². The van der Waals surface area contributed by atoms with Gasteiger partial charge < -0.3 is 15.5 Å². The largest absolute Gasteiger partial charge is 0.356 e. The zero-order valence-corrected chi connectivity index (χ0v) is 15.6. The molecule has 1 atom stereocenters. The van der Waals surface area contributed by atoms with E-state index in [1.165, 1.54) is 0 Å².